The summed E-state index contributed by atoms with van der Waals surface area (Å²) in [6.07, 6.45) is -3.63. The molecular formula is C12H17F3N2O2S2. The Morgan fingerprint density at radius 3 is 2.71 bits per heavy atom. The van der Waals surface area contributed by atoms with Gasteiger partial charge in [0.25, 0.3) is 0 Å². The first-order valence-corrected chi connectivity index (χ1v) is 8.81. The molecule has 9 heteroatoms. The molecule has 0 saturated carbocycles. The highest BCUT2D eigenvalue weighted by Crippen LogP contribution is 2.24. The fourth-order valence-electron chi connectivity index (χ4n) is 2.33. The lowest BCUT2D eigenvalue weighted by atomic mass is 10.1. The van der Waals surface area contributed by atoms with Crippen molar-refractivity contribution >= 4 is 21.4 Å². The lowest BCUT2D eigenvalue weighted by Crippen LogP contribution is -2.34. The van der Waals surface area contributed by atoms with Crippen LogP contribution in [0.3, 0.4) is 0 Å². The Morgan fingerprint density at radius 1 is 1.43 bits per heavy atom. The van der Waals surface area contributed by atoms with Gasteiger partial charge in [0.15, 0.2) is 0 Å². The number of alkyl halides is 3. The number of thiophene rings is 1. The Balaban J connectivity index is 1.84. The third-order valence-corrected chi connectivity index (χ3v) is 6.23. The van der Waals surface area contributed by atoms with Crippen molar-refractivity contribution in [2.45, 2.75) is 23.7 Å². The van der Waals surface area contributed by atoms with Gasteiger partial charge in [-0.3, -0.25) is 4.90 Å². The molecule has 0 spiro atoms. The molecule has 1 atom stereocenters. The van der Waals surface area contributed by atoms with Gasteiger partial charge in [-0.15, -0.1) is 11.3 Å². The SMILES string of the molecule is Cc1ccc(S(=O)(=O)NCC2CCN(CC(F)(F)F)C2)s1. The largest absolute Gasteiger partial charge is 0.401 e. The van der Waals surface area contributed by atoms with Crippen molar-refractivity contribution in [3.63, 3.8) is 0 Å². The normalized spacial score (nSPS) is 21.0. The zero-order valence-electron chi connectivity index (χ0n) is 11.5. The minimum atomic E-state index is -4.21. The van der Waals surface area contributed by atoms with E-state index in [1.807, 2.05) is 6.92 Å². The van der Waals surface area contributed by atoms with Crippen LogP contribution in [0.15, 0.2) is 16.3 Å². The molecule has 2 heterocycles. The van der Waals surface area contributed by atoms with Crippen LogP contribution in [0.4, 0.5) is 13.2 Å². The molecule has 1 fully saturated rings. The first kappa shape index (κ1) is 16.7. The Bertz CT molecular complexity index is 584. The van der Waals surface area contributed by atoms with Crippen molar-refractivity contribution in [3.05, 3.63) is 17.0 Å². The van der Waals surface area contributed by atoms with Crippen LogP contribution in [-0.4, -0.2) is 45.7 Å². The highest BCUT2D eigenvalue weighted by molar-refractivity contribution is 7.91. The van der Waals surface area contributed by atoms with E-state index in [0.29, 0.717) is 13.0 Å². The molecule has 0 bridgehead atoms. The second-order valence-electron chi connectivity index (χ2n) is 5.22. The summed E-state index contributed by atoms with van der Waals surface area (Å²) in [5.74, 6) is -0.0804. The van der Waals surface area contributed by atoms with Gasteiger partial charge < -0.3 is 0 Å². The van der Waals surface area contributed by atoms with Crippen LogP contribution < -0.4 is 4.72 Å². The molecule has 1 unspecified atom stereocenters. The van der Waals surface area contributed by atoms with Crippen molar-refractivity contribution in [3.8, 4) is 0 Å². The maximum atomic E-state index is 12.3. The second-order valence-corrected chi connectivity index (χ2v) is 8.50. The Morgan fingerprint density at radius 2 is 2.14 bits per heavy atom. The lowest BCUT2D eigenvalue weighted by molar-refractivity contribution is -0.143. The lowest BCUT2D eigenvalue weighted by Gasteiger charge is -2.17. The number of nitrogens with zero attached hydrogens (tertiary/aromatic N) is 1. The summed E-state index contributed by atoms with van der Waals surface area (Å²) in [6, 6.07) is 3.26. The molecule has 1 aliphatic rings. The predicted molar refractivity (Wildman–Crippen MR) is 74.8 cm³/mol. The van der Waals surface area contributed by atoms with Crippen LogP contribution in [0.2, 0.25) is 0 Å². The molecule has 0 amide bonds. The number of sulfonamides is 1. The van der Waals surface area contributed by atoms with Crippen LogP contribution in [0, 0.1) is 12.8 Å². The molecule has 21 heavy (non-hydrogen) atoms. The number of rotatable bonds is 5. The molecule has 1 aromatic heterocycles. The van der Waals surface area contributed by atoms with E-state index >= 15 is 0 Å². The van der Waals surface area contributed by atoms with E-state index < -0.39 is 22.7 Å². The quantitative estimate of drug-likeness (QED) is 0.893. The number of hydrogen-bond acceptors (Lipinski definition) is 4. The van der Waals surface area contributed by atoms with Gasteiger partial charge in [0.2, 0.25) is 10.0 Å². The van der Waals surface area contributed by atoms with Gasteiger partial charge in [0, 0.05) is 18.0 Å². The van der Waals surface area contributed by atoms with Gasteiger partial charge in [-0.1, -0.05) is 0 Å². The average molecular weight is 342 g/mol. The smallest absolute Gasteiger partial charge is 0.295 e. The van der Waals surface area contributed by atoms with Gasteiger partial charge in [-0.05, 0) is 37.9 Å². The summed E-state index contributed by atoms with van der Waals surface area (Å²) in [4.78, 5) is 2.21. The zero-order valence-corrected chi connectivity index (χ0v) is 13.1. The van der Waals surface area contributed by atoms with Crippen molar-refractivity contribution in [1.29, 1.82) is 0 Å². The van der Waals surface area contributed by atoms with E-state index in [-0.39, 0.29) is 23.2 Å². The number of aryl methyl sites for hydroxylation is 1. The van der Waals surface area contributed by atoms with Gasteiger partial charge in [0.1, 0.15) is 4.21 Å². The number of halogens is 3. The molecule has 4 nitrogen and oxygen atoms in total. The third kappa shape index (κ3) is 4.94. The van der Waals surface area contributed by atoms with Crippen molar-refractivity contribution in [2.75, 3.05) is 26.2 Å². The molecule has 0 radical (unpaired) electrons. The summed E-state index contributed by atoms with van der Waals surface area (Å²) in [5.41, 5.74) is 0. The highest BCUT2D eigenvalue weighted by atomic mass is 32.2. The monoisotopic (exact) mass is 342 g/mol. The van der Waals surface area contributed by atoms with Crippen LogP contribution in [0.1, 0.15) is 11.3 Å². The summed E-state index contributed by atoms with van der Waals surface area (Å²) >= 11 is 1.18. The number of likely N-dealkylation sites (tertiary alicyclic amines) is 1. The standard InChI is InChI=1S/C12H17F3N2O2S2/c1-9-2-3-11(20-9)21(18,19)16-6-10-4-5-17(7-10)8-12(13,14)15/h2-3,10,16H,4-8H2,1H3. The van der Waals surface area contributed by atoms with Gasteiger partial charge in [-0.2, -0.15) is 13.2 Å². The maximum absolute atomic E-state index is 12.3. The molecule has 1 N–H and O–H groups in total. The highest BCUT2D eigenvalue weighted by Gasteiger charge is 2.34. The maximum Gasteiger partial charge on any atom is 0.401 e. The first-order chi connectivity index (χ1) is 9.66. The summed E-state index contributed by atoms with van der Waals surface area (Å²) in [7, 11) is -3.55. The number of hydrogen-bond donors (Lipinski definition) is 1. The van der Waals surface area contributed by atoms with E-state index in [1.54, 1.807) is 6.07 Å². The topological polar surface area (TPSA) is 49.4 Å². The third-order valence-electron chi connectivity index (χ3n) is 3.32. The van der Waals surface area contributed by atoms with Crippen LogP contribution in [-0.2, 0) is 10.0 Å². The molecule has 1 aromatic rings. The fourth-order valence-corrected chi connectivity index (χ4v) is 4.78. The Labute approximate surface area is 126 Å². The van der Waals surface area contributed by atoms with E-state index in [4.69, 9.17) is 0 Å². The predicted octanol–water partition coefficient (Wildman–Crippen LogP) is 2.22. The van der Waals surface area contributed by atoms with Crippen LogP contribution in [0.25, 0.3) is 0 Å². The zero-order chi connectivity index (χ0) is 15.7. The molecule has 1 aliphatic heterocycles. The summed E-state index contributed by atoms with van der Waals surface area (Å²) in [5, 5.41) is 0. The first-order valence-electron chi connectivity index (χ1n) is 6.51. The molecule has 1 saturated heterocycles. The van der Waals surface area contributed by atoms with Gasteiger partial charge >= 0.3 is 6.18 Å². The molecule has 120 valence electrons. The second kappa shape index (κ2) is 6.23. The van der Waals surface area contributed by atoms with Crippen molar-refractivity contribution < 1.29 is 21.6 Å². The fraction of sp³-hybridized carbons (Fsp3) is 0.667. The van der Waals surface area contributed by atoms with E-state index in [2.05, 4.69) is 4.72 Å². The van der Waals surface area contributed by atoms with Gasteiger partial charge in [0.05, 0.1) is 6.54 Å². The molecule has 2 rings (SSSR count). The van der Waals surface area contributed by atoms with Crippen LogP contribution >= 0.6 is 11.3 Å². The Kier molecular flexibility index (Phi) is 4.96. The van der Waals surface area contributed by atoms with E-state index in [1.165, 1.54) is 22.3 Å². The van der Waals surface area contributed by atoms with Gasteiger partial charge in [-0.25, -0.2) is 13.1 Å². The average Bonchev–Trinajstić information content (AvgIpc) is 2.94. The minimum absolute atomic E-state index is 0.0804. The number of nitrogens with one attached hydrogen (secondary N) is 1. The Hall–Kier alpha value is -0.640. The van der Waals surface area contributed by atoms with E-state index in [0.717, 1.165) is 4.88 Å². The van der Waals surface area contributed by atoms with E-state index in [9.17, 15) is 21.6 Å². The summed E-state index contributed by atoms with van der Waals surface area (Å²) < 4.78 is 63.6. The van der Waals surface area contributed by atoms with Crippen LogP contribution in [0.5, 0.6) is 0 Å². The molecular weight excluding hydrogens is 325 g/mol. The van der Waals surface area contributed by atoms with Crippen molar-refractivity contribution in [1.82, 2.24) is 9.62 Å². The molecule has 0 aliphatic carbocycles. The summed E-state index contributed by atoms with van der Waals surface area (Å²) in [6.45, 7) is 1.68. The van der Waals surface area contributed by atoms with Crippen molar-refractivity contribution in [2.24, 2.45) is 5.92 Å². The molecule has 0 aromatic carbocycles. The minimum Gasteiger partial charge on any atom is -0.295 e.